The average Bonchev–Trinajstić information content (AvgIpc) is 2.48. The highest BCUT2D eigenvalue weighted by atomic mass is 16.5. The van der Waals surface area contributed by atoms with Crippen molar-refractivity contribution in [2.45, 2.75) is 63.4 Å². The fourth-order valence-corrected chi connectivity index (χ4v) is 3.02. The first-order valence-electron chi connectivity index (χ1n) is 8.36. The predicted octanol–water partition coefficient (Wildman–Crippen LogP) is 3.43. The number of nitrogens with two attached hydrogens (primary N) is 1. The number of benzene rings is 1. The van der Waals surface area contributed by atoms with Gasteiger partial charge in [-0.3, -0.25) is 0 Å². The third kappa shape index (κ3) is 5.68. The number of rotatable bonds is 6. The Morgan fingerprint density at radius 1 is 1.10 bits per heavy atom. The van der Waals surface area contributed by atoms with E-state index in [-0.39, 0.29) is 0 Å². The molecule has 0 atom stereocenters. The molecule has 0 spiro atoms. The number of hydrogen-bond acceptors (Lipinski definition) is 3. The van der Waals surface area contributed by atoms with Crippen molar-refractivity contribution in [3.05, 3.63) is 29.8 Å². The summed E-state index contributed by atoms with van der Waals surface area (Å²) in [5.74, 6) is 0.861. The lowest BCUT2D eigenvalue weighted by Gasteiger charge is -2.30. The molecule has 2 rings (SSSR count). The summed E-state index contributed by atoms with van der Waals surface area (Å²) in [6.45, 7) is 1.12. The largest absolute Gasteiger partial charge is 0.491 e. The van der Waals surface area contributed by atoms with Gasteiger partial charge in [0.1, 0.15) is 12.4 Å². The van der Waals surface area contributed by atoms with E-state index in [2.05, 4.69) is 12.1 Å². The highest BCUT2D eigenvalue weighted by Gasteiger charge is 2.28. The summed E-state index contributed by atoms with van der Waals surface area (Å²) in [6, 6.07) is 8.16. The molecule has 1 fully saturated rings. The number of hydrogen-bond donors (Lipinski definition) is 2. The van der Waals surface area contributed by atoms with Crippen molar-refractivity contribution in [3.63, 3.8) is 0 Å². The van der Waals surface area contributed by atoms with Crippen molar-refractivity contribution in [1.82, 2.24) is 0 Å². The van der Waals surface area contributed by atoms with Gasteiger partial charge in [0.05, 0.1) is 5.60 Å². The number of aryl methyl sites for hydroxylation is 1. The van der Waals surface area contributed by atoms with E-state index in [1.807, 2.05) is 12.1 Å². The lowest BCUT2D eigenvalue weighted by atomic mass is 9.88. The van der Waals surface area contributed by atoms with E-state index in [1.54, 1.807) is 0 Å². The molecule has 0 radical (unpaired) electrons. The molecule has 0 unspecified atom stereocenters. The molecule has 0 amide bonds. The van der Waals surface area contributed by atoms with E-state index in [0.29, 0.717) is 13.2 Å². The third-order valence-electron chi connectivity index (χ3n) is 4.36. The fourth-order valence-electron chi connectivity index (χ4n) is 3.02. The number of ether oxygens (including phenoxy) is 1. The summed E-state index contributed by atoms with van der Waals surface area (Å²) in [7, 11) is 0. The molecule has 3 N–H and O–H groups in total. The maximum absolute atomic E-state index is 10.7. The van der Waals surface area contributed by atoms with Gasteiger partial charge in [0.15, 0.2) is 0 Å². The molecule has 21 heavy (non-hydrogen) atoms. The molecule has 1 aromatic rings. The Balaban J connectivity index is 1.88. The second kappa shape index (κ2) is 8.40. The van der Waals surface area contributed by atoms with E-state index >= 15 is 0 Å². The third-order valence-corrected chi connectivity index (χ3v) is 4.36. The monoisotopic (exact) mass is 291 g/mol. The van der Waals surface area contributed by atoms with Gasteiger partial charge in [-0.25, -0.2) is 0 Å². The van der Waals surface area contributed by atoms with Crippen molar-refractivity contribution in [2.24, 2.45) is 5.73 Å². The molecule has 3 heteroatoms. The maximum atomic E-state index is 10.7. The predicted molar refractivity (Wildman–Crippen MR) is 86.6 cm³/mol. The van der Waals surface area contributed by atoms with Crippen LogP contribution in [0, 0.1) is 0 Å². The first-order valence-corrected chi connectivity index (χ1v) is 8.36. The Morgan fingerprint density at radius 2 is 1.81 bits per heavy atom. The van der Waals surface area contributed by atoms with Gasteiger partial charge in [0.25, 0.3) is 0 Å². The van der Waals surface area contributed by atoms with E-state index < -0.39 is 5.60 Å². The molecule has 1 aliphatic rings. The second-order valence-corrected chi connectivity index (χ2v) is 6.32. The summed E-state index contributed by atoms with van der Waals surface area (Å²) in [6.07, 6.45) is 9.69. The van der Waals surface area contributed by atoms with Crippen LogP contribution >= 0.6 is 0 Å². The molecular formula is C18H29NO2. The lowest BCUT2D eigenvalue weighted by Crippen LogP contribution is -2.36. The Morgan fingerprint density at radius 3 is 2.52 bits per heavy atom. The molecule has 118 valence electrons. The zero-order valence-corrected chi connectivity index (χ0v) is 13.0. The van der Waals surface area contributed by atoms with E-state index in [4.69, 9.17) is 10.5 Å². The SMILES string of the molecule is NCCCc1cccc(OCC2(O)CCCCCCC2)c1. The molecular weight excluding hydrogens is 262 g/mol. The average molecular weight is 291 g/mol. The van der Waals surface area contributed by atoms with E-state index in [0.717, 1.165) is 44.3 Å². The van der Waals surface area contributed by atoms with Crippen LogP contribution in [0.4, 0.5) is 0 Å². The van der Waals surface area contributed by atoms with Crippen LogP contribution in [-0.4, -0.2) is 23.9 Å². The second-order valence-electron chi connectivity index (χ2n) is 6.32. The molecule has 1 aromatic carbocycles. The molecule has 1 aliphatic carbocycles. The van der Waals surface area contributed by atoms with Crippen LogP contribution in [0.2, 0.25) is 0 Å². The molecule has 0 saturated heterocycles. The van der Waals surface area contributed by atoms with E-state index in [1.165, 1.54) is 24.8 Å². The quantitative estimate of drug-likeness (QED) is 0.844. The minimum atomic E-state index is -0.645. The molecule has 0 heterocycles. The van der Waals surface area contributed by atoms with Gasteiger partial charge >= 0.3 is 0 Å². The van der Waals surface area contributed by atoms with Gasteiger partial charge < -0.3 is 15.6 Å². The van der Waals surface area contributed by atoms with Gasteiger partial charge in [0, 0.05) is 0 Å². The first-order chi connectivity index (χ1) is 10.2. The van der Waals surface area contributed by atoms with Crippen LogP contribution in [0.5, 0.6) is 5.75 Å². The Bertz CT molecular complexity index is 411. The van der Waals surface area contributed by atoms with Gasteiger partial charge in [-0.1, -0.05) is 44.2 Å². The standard InChI is InChI=1S/C18H29NO2/c19-13-7-9-16-8-6-10-17(14-16)21-15-18(20)11-4-2-1-3-5-12-18/h6,8,10,14,20H,1-5,7,9,11-13,15,19H2. The fraction of sp³-hybridized carbons (Fsp3) is 0.667. The topological polar surface area (TPSA) is 55.5 Å². The highest BCUT2D eigenvalue weighted by Crippen LogP contribution is 2.27. The van der Waals surface area contributed by atoms with Crippen LogP contribution < -0.4 is 10.5 Å². The summed E-state index contributed by atoms with van der Waals surface area (Å²) in [5, 5.41) is 10.7. The van der Waals surface area contributed by atoms with Crippen LogP contribution in [-0.2, 0) is 6.42 Å². The van der Waals surface area contributed by atoms with Crippen molar-refractivity contribution < 1.29 is 9.84 Å². The molecule has 0 aliphatic heterocycles. The molecule has 0 aromatic heterocycles. The normalized spacial score (nSPS) is 18.8. The number of aliphatic hydroxyl groups is 1. The van der Waals surface area contributed by atoms with Crippen LogP contribution in [0.3, 0.4) is 0 Å². The zero-order chi connectivity index (χ0) is 15.0. The summed E-state index contributed by atoms with van der Waals surface area (Å²) >= 11 is 0. The van der Waals surface area contributed by atoms with Crippen LogP contribution in [0.25, 0.3) is 0 Å². The van der Waals surface area contributed by atoms with Gasteiger partial charge in [-0.15, -0.1) is 0 Å². The van der Waals surface area contributed by atoms with Crippen molar-refractivity contribution in [3.8, 4) is 5.75 Å². The van der Waals surface area contributed by atoms with E-state index in [9.17, 15) is 5.11 Å². The Hall–Kier alpha value is -1.06. The van der Waals surface area contributed by atoms with Crippen LogP contribution in [0.15, 0.2) is 24.3 Å². The molecule has 3 nitrogen and oxygen atoms in total. The van der Waals surface area contributed by atoms with Gasteiger partial charge in [0.2, 0.25) is 0 Å². The van der Waals surface area contributed by atoms with Crippen molar-refractivity contribution in [1.29, 1.82) is 0 Å². The van der Waals surface area contributed by atoms with Gasteiger partial charge in [-0.2, -0.15) is 0 Å². The smallest absolute Gasteiger partial charge is 0.119 e. The van der Waals surface area contributed by atoms with Crippen molar-refractivity contribution >= 4 is 0 Å². The summed E-state index contributed by atoms with van der Waals surface area (Å²) in [5.41, 5.74) is 6.16. The summed E-state index contributed by atoms with van der Waals surface area (Å²) in [4.78, 5) is 0. The Kier molecular flexibility index (Phi) is 6.52. The minimum absolute atomic E-state index is 0.410. The maximum Gasteiger partial charge on any atom is 0.119 e. The lowest BCUT2D eigenvalue weighted by molar-refractivity contribution is -0.0257. The molecule has 1 saturated carbocycles. The molecule has 0 bridgehead atoms. The minimum Gasteiger partial charge on any atom is -0.491 e. The first kappa shape index (κ1) is 16.3. The summed E-state index contributed by atoms with van der Waals surface area (Å²) < 4.78 is 5.88. The van der Waals surface area contributed by atoms with Crippen LogP contribution in [0.1, 0.15) is 56.9 Å². The highest BCUT2D eigenvalue weighted by molar-refractivity contribution is 5.28. The Labute approximate surface area is 128 Å². The zero-order valence-electron chi connectivity index (χ0n) is 13.0. The van der Waals surface area contributed by atoms with Gasteiger partial charge in [-0.05, 0) is 49.9 Å². The van der Waals surface area contributed by atoms with Crippen molar-refractivity contribution in [2.75, 3.05) is 13.2 Å².